The van der Waals surface area contributed by atoms with Gasteiger partial charge in [-0.2, -0.15) is 14.9 Å². The topological polar surface area (TPSA) is 104 Å². The number of nitro groups is 1. The van der Waals surface area contributed by atoms with Crippen molar-refractivity contribution in [3.05, 3.63) is 63.0 Å². The van der Waals surface area contributed by atoms with Crippen molar-refractivity contribution in [2.24, 2.45) is 5.10 Å². The quantitative estimate of drug-likeness (QED) is 0.278. The molecule has 11 heteroatoms. The minimum absolute atomic E-state index is 0.00539. The molecule has 27 heavy (non-hydrogen) atoms. The molecular weight excluding hydrogens is 373 g/mol. The first-order valence-electron chi connectivity index (χ1n) is 7.90. The highest BCUT2D eigenvalue weighted by molar-refractivity contribution is 7.98. The van der Waals surface area contributed by atoms with E-state index < -0.39 is 4.92 Å². The molecule has 9 nitrogen and oxygen atoms in total. The van der Waals surface area contributed by atoms with Crippen molar-refractivity contribution in [2.45, 2.75) is 31.8 Å². The number of halogens is 1. The van der Waals surface area contributed by atoms with E-state index in [1.54, 1.807) is 39.0 Å². The monoisotopic (exact) mass is 389 g/mol. The largest absolute Gasteiger partial charge is 0.312 e. The zero-order valence-corrected chi connectivity index (χ0v) is 15.6. The third-order valence-electron chi connectivity index (χ3n) is 3.83. The van der Waals surface area contributed by atoms with Crippen LogP contribution >= 0.6 is 11.8 Å². The van der Waals surface area contributed by atoms with Crippen molar-refractivity contribution in [1.29, 1.82) is 0 Å². The van der Waals surface area contributed by atoms with Gasteiger partial charge in [-0.05, 0) is 26.8 Å². The molecule has 0 atom stereocenters. The van der Waals surface area contributed by atoms with Crippen LogP contribution in [0.2, 0.25) is 0 Å². The van der Waals surface area contributed by atoms with Crippen LogP contribution in [-0.2, 0) is 5.88 Å². The fourth-order valence-electron chi connectivity index (χ4n) is 2.46. The summed E-state index contributed by atoms with van der Waals surface area (Å²) < 4.78 is 16.8. The molecule has 3 aromatic rings. The Morgan fingerprint density at radius 3 is 2.70 bits per heavy atom. The highest BCUT2D eigenvalue weighted by Crippen LogP contribution is 2.25. The molecule has 0 N–H and O–H groups in total. The first kappa shape index (κ1) is 18.7. The molecule has 0 radical (unpaired) electrons. The van der Waals surface area contributed by atoms with Crippen LogP contribution in [0, 0.1) is 36.7 Å². The number of hydrogen-bond acceptors (Lipinski definition) is 7. The first-order chi connectivity index (χ1) is 12.9. The number of benzene rings is 1. The summed E-state index contributed by atoms with van der Waals surface area (Å²) in [6, 6.07) is 6.28. The minimum Gasteiger partial charge on any atom is -0.258 e. The molecule has 2 heterocycles. The standard InChI is InChI=1S/C16H16FN7O2S/c1-10-15(24(25)26)11(2)22(21-10)9-27-16-20-19-12(3)23(16)18-8-13-6-4-5-7-14(13)17/h4-8H,9H2,1-3H3. The Balaban J connectivity index is 1.81. The van der Waals surface area contributed by atoms with E-state index in [9.17, 15) is 14.5 Å². The van der Waals surface area contributed by atoms with Crippen molar-refractivity contribution >= 4 is 23.7 Å². The number of hydrogen-bond donors (Lipinski definition) is 0. The molecular formula is C16H16FN7O2S. The van der Waals surface area contributed by atoms with Crippen molar-refractivity contribution < 1.29 is 9.31 Å². The van der Waals surface area contributed by atoms with E-state index in [4.69, 9.17) is 0 Å². The third kappa shape index (κ3) is 3.87. The van der Waals surface area contributed by atoms with Crippen LogP contribution in [0.1, 0.15) is 22.8 Å². The number of nitrogens with zero attached hydrogens (tertiary/aromatic N) is 7. The van der Waals surface area contributed by atoms with Crippen LogP contribution < -0.4 is 0 Å². The van der Waals surface area contributed by atoms with Gasteiger partial charge in [0.15, 0.2) is 5.82 Å². The molecule has 140 valence electrons. The summed E-state index contributed by atoms with van der Waals surface area (Å²) in [4.78, 5) is 10.7. The number of aryl methyl sites for hydroxylation is 2. The van der Waals surface area contributed by atoms with Gasteiger partial charge in [-0.1, -0.05) is 30.0 Å². The van der Waals surface area contributed by atoms with Gasteiger partial charge in [0.25, 0.3) is 0 Å². The van der Waals surface area contributed by atoms with Crippen LogP contribution in [-0.4, -0.2) is 35.8 Å². The van der Waals surface area contributed by atoms with Crippen molar-refractivity contribution in [1.82, 2.24) is 24.7 Å². The Morgan fingerprint density at radius 2 is 2.04 bits per heavy atom. The van der Waals surface area contributed by atoms with Crippen LogP contribution in [0.15, 0.2) is 34.5 Å². The molecule has 2 aromatic heterocycles. The third-order valence-corrected chi connectivity index (χ3v) is 4.71. The maximum Gasteiger partial charge on any atom is 0.312 e. The summed E-state index contributed by atoms with van der Waals surface area (Å²) in [7, 11) is 0. The molecule has 0 spiro atoms. The van der Waals surface area contributed by atoms with E-state index in [2.05, 4.69) is 20.4 Å². The lowest BCUT2D eigenvalue weighted by Gasteiger charge is -2.04. The highest BCUT2D eigenvalue weighted by Gasteiger charge is 2.22. The smallest absolute Gasteiger partial charge is 0.258 e. The maximum absolute atomic E-state index is 13.7. The van der Waals surface area contributed by atoms with Gasteiger partial charge in [0.1, 0.15) is 17.2 Å². The summed E-state index contributed by atoms with van der Waals surface area (Å²) in [6.45, 7) is 4.96. The molecule has 0 aliphatic rings. The zero-order valence-electron chi connectivity index (χ0n) is 14.8. The molecule has 0 amide bonds. The second-order valence-corrected chi connectivity index (χ2v) is 6.57. The second kappa shape index (κ2) is 7.66. The SMILES string of the molecule is Cc1nn(CSc2nnc(C)n2N=Cc2ccccc2F)c(C)c1[N+](=O)[O-]. The lowest BCUT2D eigenvalue weighted by Crippen LogP contribution is -2.02. The Bertz CT molecular complexity index is 1030. The van der Waals surface area contributed by atoms with Crippen LogP contribution in [0.5, 0.6) is 0 Å². The predicted octanol–water partition coefficient (Wildman–Crippen LogP) is 3.08. The molecule has 0 fully saturated rings. The molecule has 0 saturated heterocycles. The fraction of sp³-hybridized carbons (Fsp3) is 0.250. The molecule has 0 aliphatic carbocycles. The highest BCUT2D eigenvalue weighted by atomic mass is 32.2. The average molecular weight is 389 g/mol. The molecule has 0 unspecified atom stereocenters. The van der Waals surface area contributed by atoms with Gasteiger partial charge in [0.2, 0.25) is 5.16 Å². The van der Waals surface area contributed by atoms with Crippen molar-refractivity contribution in [3.63, 3.8) is 0 Å². The van der Waals surface area contributed by atoms with Gasteiger partial charge in [-0.15, -0.1) is 10.2 Å². The number of rotatable bonds is 6. The Labute approximate surface area is 158 Å². The first-order valence-corrected chi connectivity index (χ1v) is 8.89. The summed E-state index contributed by atoms with van der Waals surface area (Å²) in [6.07, 6.45) is 1.39. The van der Waals surface area contributed by atoms with Gasteiger partial charge in [-0.3, -0.25) is 14.8 Å². The van der Waals surface area contributed by atoms with Crippen LogP contribution in [0.25, 0.3) is 0 Å². The van der Waals surface area contributed by atoms with Gasteiger partial charge in [0, 0.05) is 5.56 Å². The predicted molar refractivity (Wildman–Crippen MR) is 98.4 cm³/mol. The summed E-state index contributed by atoms with van der Waals surface area (Å²) in [5.41, 5.74) is 1.16. The van der Waals surface area contributed by atoms with E-state index in [1.807, 2.05) is 0 Å². The molecule has 0 saturated carbocycles. The fourth-order valence-corrected chi connectivity index (χ4v) is 3.35. The molecule has 3 rings (SSSR count). The van der Waals surface area contributed by atoms with Gasteiger partial charge >= 0.3 is 5.69 Å². The van der Waals surface area contributed by atoms with Crippen LogP contribution in [0.3, 0.4) is 0 Å². The lowest BCUT2D eigenvalue weighted by molar-refractivity contribution is -0.386. The van der Waals surface area contributed by atoms with Crippen LogP contribution in [0.4, 0.5) is 10.1 Å². The molecule has 0 bridgehead atoms. The number of thioether (sulfide) groups is 1. The Kier molecular flexibility index (Phi) is 5.31. The normalized spacial score (nSPS) is 11.4. The second-order valence-electron chi connectivity index (χ2n) is 5.66. The van der Waals surface area contributed by atoms with Crippen molar-refractivity contribution in [2.75, 3.05) is 0 Å². The van der Waals surface area contributed by atoms with E-state index in [1.165, 1.54) is 33.4 Å². The lowest BCUT2D eigenvalue weighted by atomic mass is 10.2. The van der Waals surface area contributed by atoms with Gasteiger partial charge < -0.3 is 0 Å². The van der Waals surface area contributed by atoms with E-state index in [0.29, 0.717) is 33.8 Å². The minimum atomic E-state index is -0.440. The Morgan fingerprint density at radius 1 is 1.30 bits per heavy atom. The summed E-state index contributed by atoms with van der Waals surface area (Å²) in [5, 5.41) is 28.1. The average Bonchev–Trinajstić information content (AvgIpc) is 3.11. The molecule has 0 aliphatic heterocycles. The Hall–Kier alpha value is -3.08. The van der Waals surface area contributed by atoms with Gasteiger partial charge in [-0.25, -0.2) is 4.39 Å². The summed E-state index contributed by atoms with van der Waals surface area (Å²) in [5.74, 6) is 0.453. The maximum atomic E-state index is 13.7. The van der Waals surface area contributed by atoms with Crippen molar-refractivity contribution in [3.8, 4) is 0 Å². The number of aromatic nitrogens is 5. The van der Waals surface area contributed by atoms with E-state index in [-0.39, 0.29) is 11.5 Å². The van der Waals surface area contributed by atoms with Gasteiger partial charge in [0.05, 0.1) is 17.0 Å². The zero-order chi connectivity index (χ0) is 19.6. The van der Waals surface area contributed by atoms with E-state index in [0.717, 1.165) is 0 Å². The van der Waals surface area contributed by atoms with E-state index >= 15 is 0 Å². The summed E-state index contributed by atoms with van der Waals surface area (Å²) >= 11 is 1.27. The molecule has 1 aromatic carbocycles.